The number of amides is 1. The van der Waals surface area contributed by atoms with Crippen molar-refractivity contribution in [1.29, 1.82) is 5.26 Å². The minimum absolute atomic E-state index is 0.0771. The number of carbonyl (C=O) groups is 1. The third kappa shape index (κ3) is 3.77. The quantitative estimate of drug-likeness (QED) is 0.770. The Balaban J connectivity index is 2.83. The zero-order valence-corrected chi connectivity index (χ0v) is 12.7. The summed E-state index contributed by atoms with van der Waals surface area (Å²) in [6.45, 7) is 4.49. The maximum Gasteiger partial charge on any atom is 0.243 e. The molecule has 0 N–H and O–H groups in total. The third-order valence-electron chi connectivity index (χ3n) is 3.21. The number of nitrogens with zero attached hydrogens (tertiary/aromatic N) is 3. The predicted molar refractivity (Wildman–Crippen MR) is 76.5 cm³/mol. The van der Waals surface area contributed by atoms with Gasteiger partial charge in [-0.25, -0.2) is 4.98 Å². The first kappa shape index (κ1) is 15.6. The van der Waals surface area contributed by atoms with Crippen LogP contribution in [0.3, 0.4) is 0 Å². The van der Waals surface area contributed by atoms with E-state index in [1.165, 1.54) is 11.3 Å². The van der Waals surface area contributed by atoms with Gasteiger partial charge in [-0.3, -0.25) is 4.79 Å². The average molecular weight is 279 g/mol. The molecule has 0 saturated carbocycles. The van der Waals surface area contributed by atoms with Crippen molar-refractivity contribution in [2.45, 2.75) is 46.1 Å². The van der Waals surface area contributed by atoms with Gasteiger partial charge in [-0.1, -0.05) is 26.7 Å². The smallest absolute Gasteiger partial charge is 0.243 e. The van der Waals surface area contributed by atoms with Crippen LogP contribution < -0.4 is 0 Å². The van der Waals surface area contributed by atoms with Crippen molar-refractivity contribution in [2.24, 2.45) is 5.41 Å². The van der Waals surface area contributed by atoms with E-state index in [4.69, 9.17) is 0 Å². The molecule has 104 valence electrons. The molecule has 0 aliphatic carbocycles. The normalized spacial score (nSPS) is 11.1. The second kappa shape index (κ2) is 7.25. The van der Waals surface area contributed by atoms with Crippen molar-refractivity contribution in [3.8, 4) is 6.07 Å². The van der Waals surface area contributed by atoms with E-state index >= 15 is 0 Å². The lowest BCUT2D eigenvalue weighted by Crippen LogP contribution is -2.41. The summed E-state index contributed by atoms with van der Waals surface area (Å²) in [6, 6.07) is 2.27. The molecule has 1 rings (SSSR count). The average Bonchev–Trinajstić information content (AvgIpc) is 2.90. The van der Waals surface area contributed by atoms with Crippen LogP contribution in [0.25, 0.3) is 0 Å². The standard InChI is InChI=1S/C14H21N3OS/c1-4-6-14(10-15,7-5-2)13(18)17(3)8-12-9-19-11-16-12/h9,11H,4-8H2,1-3H3. The summed E-state index contributed by atoms with van der Waals surface area (Å²) >= 11 is 1.51. The molecule has 1 aromatic rings. The monoisotopic (exact) mass is 279 g/mol. The van der Waals surface area contributed by atoms with Crippen LogP contribution in [-0.4, -0.2) is 22.8 Å². The molecule has 0 atom stereocenters. The number of hydrogen-bond acceptors (Lipinski definition) is 4. The minimum atomic E-state index is -0.867. The van der Waals surface area contributed by atoms with Crippen LogP contribution >= 0.6 is 11.3 Å². The summed E-state index contributed by atoms with van der Waals surface area (Å²) in [4.78, 5) is 18.4. The zero-order valence-electron chi connectivity index (χ0n) is 11.8. The molecule has 0 aliphatic heterocycles. The lowest BCUT2D eigenvalue weighted by Gasteiger charge is -2.29. The first-order chi connectivity index (χ1) is 9.09. The van der Waals surface area contributed by atoms with Gasteiger partial charge in [0.25, 0.3) is 0 Å². The van der Waals surface area contributed by atoms with Gasteiger partial charge in [-0.2, -0.15) is 5.26 Å². The van der Waals surface area contributed by atoms with Crippen molar-refractivity contribution in [1.82, 2.24) is 9.88 Å². The van der Waals surface area contributed by atoms with Gasteiger partial charge >= 0.3 is 0 Å². The van der Waals surface area contributed by atoms with Crippen LogP contribution in [-0.2, 0) is 11.3 Å². The van der Waals surface area contributed by atoms with Gasteiger partial charge < -0.3 is 4.90 Å². The Bertz CT molecular complexity index is 430. The van der Waals surface area contributed by atoms with Gasteiger partial charge in [0, 0.05) is 12.4 Å². The van der Waals surface area contributed by atoms with Crippen molar-refractivity contribution >= 4 is 17.2 Å². The molecule has 1 aromatic heterocycles. The fraction of sp³-hybridized carbons (Fsp3) is 0.643. The molecule has 4 nitrogen and oxygen atoms in total. The highest BCUT2D eigenvalue weighted by atomic mass is 32.1. The van der Waals surface area contributed by atoms with Crippen LogP contribution in [0, 0.1) is 16.7 Å². The maximum atomic E-state index is 12.6. The number of carbonyl (C=O) groups excluding carboxylic acids is 1. The molecule has 1 amide bonds. The van der Waals surface area contributed by atoms with Gasteiger partial charge in [0.05, 0.1) is 23.8 Å². The zero-order chi connectivity index (χ0) is 14.3. The van der Waals surface area contributed by atoms with Crippen molar-refractivity contribution < 1.29 is 4.79 Å². The van der Waals surface area contributed by atoms with E-state index in [2.05, 4.69) is 11.1 Å². The van der Waals surface area contributed by atoms with E-state index in [9.17, 15) is 10.1 Å². The molecule has 5 heteroatoms. The number of thiazole rings is 1. The molecule has 0 aliphatic rings. The van der Waals surface area contributed by atoms with Crippen LogP contribution in [0.4, 0.5) is 0 Å². The Morgan fingerprint density at radius 2 is 2.11 bits per heavy atom. The largest absolute Gasteiger partial charge is 0.338 e. The molecule has 0 radical (unpaired) electrons. The summed E-state index contributed by atoms with van der Waals surface area (Å²) in [5.41, 5.74) is 1.76. The van der Waals surface area contributed by atoms with Crippen LogP contribution in [0.15, 0.2) is 10.9 Å². The Morgan fingerprint density at radius 1 is 1.47 bits per heavy atom. The molecular formula is C14H21N3OS. The molecule has 0 aromatic carbocycles. The molecular weight excluding hydrogens is 258 g/mol. The molecule has 0 unspecified atom stereocenters. The number of hydrogen-bond donors (Lipinski definition) is 0. The molecule has 0 saturated heterocycles. The molecule has 0 bridgehead atoms. The van der Waals surface area contributed by atoms with Gasteiger partial charge in [0.1, 0.15) is 5.41 Å². The van der Waals surface area contributed by atoms with Crippen LogP contribution in [0.2, 0.25) is 0 Å². The number of aromatic nitrogens is 1. The summed E-state index contributed by atoms with van der Waals surface area (Å²) in [6.07, 6.45) is 2.92. The van der Waals surface area contributed by atoms with Crippen molar-refractivity contribution in [3.63, 3.8) is 0 Å². The lowest BCUT2D eigenvalue weighted by atomic mass is 9.79. The Hall–Kier alpha value is -1.41. The summed E-state index contributed by atoms with van der Waals surface area (Å²) in [5, 5.41) is 11.4. The summed E-state index contributed by atoms with van der Waals surface area (Å²) in [5.74, 6) is -0.0771. The van der Waals surface area contributed by atoms with Gasteiger partial charge in [0.2, 0.25) is 5.91 Å². The Labute approximate surface area is 119 Å². The first-order valence-corrected chi connectivity index (χ1v) is 7.57. The number of nitriles is 1. The molecule has 1 heterocycles. The SMILES string of the molecule is CCCC(C#N)(CCC)C(=O)N(C)Cc1cscn1. The van der Waals surface area contributed by atoms with Gasteiger partial charge in [-0.05, 0) is 12.8 Å². The fourth-order valence-electron chi connectivity index (χ4n) is 2.35. The Morgan fingerprint density at radius 3 is 2.53 bits per heavy atom. The molecule has 19 heavy (non-hydrogen) atoms. The Kier molecular flexibility index (Phi) is 5.97. The van der Waals surface area contributed by atoms with Crippen molar-refractivity contribution in [2.75, 3.05) is 7.05 Å². The molecule has 0 fully saturated rings. The number of rotatable bonds is 7. The van der Waals surface area contributed by atoms with E-state index < -0.39 is 5.41 Å². The van der Waals surface area contributed by atoms with E-state index in [-0.39, 0.29) is 5.91 Å². The summed E-state index contributed by atoms with van der Waals surface area (Å²) in [7, 11) is 1.75. The predicted octanol–water partition coefficient (Wildman–Crippen LogP) is 3.21. The second-order valence-corrected chi connectivity index (χ2v) is 5.55. The van der Waals surface area contributed by atoms with Gasteiger partial charge in [0.15, 0.2) is 0 Å². The highest BCUT2D eigenvalue weighted by Gasteiger charge is 2.39. The topological polar surface area (TPSA) is 57.0 Å². The highest BCUT2D eigenvalue weighted by Crippen LogP contribution is 2.31. The lowest BCUT2D eigenvalue weighted by molar-refractivity contribution is -0.139. The maximum absolute atomic E-state index is 12.6. The minimum Gasteiger partial charge on any atom is -0.338 e. The van der Waals surface area contributed by atoms with Crippen LogP contribution in [0.1, 0.15) is 45.2 Å². The van der Waals surface area contributed by atoms with E-state index in [1.54, 1.807) is 17.5 Å². The third-order valence-corrected chi connectivity index (χ3v) is 3.84. The summed E-state index contributed by atoms with van der Waals surface area (Å²) < 4.78 is 0. The first-order valence-electron chi connectivity index (χ1n) is 6.63. The molecule has 0 spiro atoms. The van der Waals surface area contributed by atoms with Gasteiger partial charge in [-0.15, -0.1) is 11.3 Å². The van der Waals surface area contributed by atoms with E-state index in [1.807, 2.05) is 19.2 Å². The van der Waals surface area contributed by atoms with Crippen LogP contribution in [0.5, 0.6) is 0 Å². The van der Waals surface area contributed by atoms with E-state index in [0.717, 1.165) is 18.5 Å². The second-order valence-electron chi connectivity index (χ2n) is 4.83. The fourth-order valence-corrected chi connectivity index (χ4v) is 2.90. The van der Waals surface area contributed by atoms with Crippen molar-refractivity contribution in [3.05, 3.63) is 16.6 Å². The van der Waals surface area contributed by atoms with E-state index in [0.29, 0.717) is 19.4 Å². The highest BCUT2D eigenvalue weighted by molar-refractivity contribution is 7.07.